The van der Waals surface area contributed by atoms with E-state index < -0.39 is 21.9 Å². The van der Waals surface area contributed by atoms with E-state index in [1.165, 1.54) is 12.1 Å². The Bertz CT molecular complexity index is 926. The predicted molar refractivity (Wildman–Crippen MR) is 96.4 cm³/mol. The Labute approximate surface area is 154 Å². The highest BCUT2D eigenvalue weighted by atomic mass is 35.5. The first-order valence-corrected chi connectivity index (χ1v) is 9.42. The molecule has 0 spiro atoms. The minimum absolute atomic E-state index is 0.130. The van der Waals surface area contributed by atoms with Crippen LogP contribution < -0.4 is 15.8 Å². The number of aromatic nitrogens is 1. The number of hydrogen-bond acceptors (Lipinski definition) is 5. The molecule has 2 aromatic rings. The van der Waals surface area contributed by atoms with Crippen molar-refractivity contribution in [3.63, 3.8) is 0 Å². The molecule has 5 N–H and O–H groups in total. The summed E-state index contributed by atoms with van der Waals surface area (Å²) in [6.07, 6.45) is 1.05. The Kier molecular flexibility index (Phi) is 6.37. The molecular formula is C15H17ClN4O5S. The molecule has 2 rings (SSSR count). The highest BCUT2D eigenvalue weighted by Crippen LogP contribution is 2.26. The van der Waals surface area contributed by atoms with Gasteiger partial charge >= 0.3 is 16.2 Å². The van der Waals surface area contributed by atoms with E-state index in [1.54, 1.807) is 18.2 Å². The van der Waals surface area contributed by atoms with Crippen LogP contribution in [-0.2, 0) is 10.2 Å². The summed E-state index contributed by atoms with van der Waals surface area (Å²) in [4.78, 5) is 23.7. The van der Waals surface area contributed by atoms with Crippen molar-refractivity contribution in [3.8, 4) is 11.1 Å². The van der Waals surface area contributed by atoms with Crippen molar-refractivity contribution < 1.29 is 23.1 Å². The van der Waals surface area contributed by atoms with Crippen molar-refractivity contribution >= 4 is 33.7 Å². The monoisotopic (exact) mass is 400 g/mol. The second-order valence-corrected chi connectivity index (χ2v) is 6.88. The third kappa shape index (κ3) is 4.61. The topological polar surface area (TPSA) is 144 Å². The number of carboxylic acids is 1. The summed E-state index contributed by atoms with van der Waals surface area (Å²) in [6.45, 7) is 0.854. The van der Waals surface area contributed by atoms with Gasteiger partial charge in [-0.3, -0.25) is 4.79 Å². The minimum atomic E-state index is -4.27. The van der Waals surface area contributed by atoms with Gasteiger partial charge in [0.25, 0.3) is 5.91 Å². The number of nitrogens with zero attached hydrogens (tertiary/aromatic N) is 1. The number of amides is 1. The van der Waals surface area contributed by atoms with E-state index in [1.807, 2.05) is 0 Å². The summed E-state index contributed by atoms with van der Waals surface area (Å²) in [6, 6.07) is 7.76. The first kappa shape index (κ1) is 19.9. The average Bonchev–Trinajstić information content (AvgIpc) is 3.04. The molecule has 0 bridgehead atoms. The Balaban J connectivity index is 2.35. The van der Waals surface area contributed by atoms with E-state index >= 15 is 0 Å². The fourth-order valence-electron chi connectivity index (χ4n) is 2.33. The molecule has 0 aliphatic heterocycles. The molecule has 0 unspecified atom stereocenters. The zero-order chi connectivity index (χ0) is 19.3. The Morgan fingerprint density at radius 1 is 1.23 bits per heavy atom. The van der Waals surface area contributed by atoms with Crippen LogP contribution in [0.2, 0.25) is 0 Å². The summed E-state index contributed by atoms with van der Waals surface area (Å²) in [5.41, 5.74) is 0.297. The van der Waals surface area contributed by atoms with E-state index in [0.717, 1.165) is 6.20 Å². The number of nitrogens with two attached hydrogens (primary N) is 1. The maximum absolute atomic E-state index is 12.2. The van der Waals surface area contributed by atoms with Crippen molar-refractivity contribution in [1.82, 2.24) is 14.6 Å². The number of carboxylic acid groups (broad SMARTS) is 1. The second kappa shape index (κ2) is 8.32. The molecule has 0 saturated heterocycles. The molecule has 26 heavy (non-hydrogen) atoms. The number of rotatable bonds is 8. The van der Waals surface area contributed by atoms with Crippen LogP contribution in [0.15, 0.2) is 36.5 Å². The molecule has 0 saturated carbocycles. The SMILES string of the molecule is NS(=O)(=O)n1ccc(-c2cccc(C(=O)NCCNCCl)c2)c1C(=O)O. The van der Waals surface area contributed by atoms with Crippen molar-refractivity contribution in [2.75, 3.05) is 19.1 Å². The van der Waals surface area contributed by atoms with Crippen molar-refractivity contribution in [3.05, 3.63) is 47.8 Å². The van der Waals surface area contributed by atoms with Crippen LogP contribution in [0, 0.1) is 0 Å². The molecule has 1 amide bonds. The van der Waals surface area contributed by atoms with Crippen LogP contribution in [0.3, 0.4) is 0 Å². The molecular weight excluding hydrogens is 384 g/mol. The van der Waals surface area contributed by atoms with E-state index in [2.05, 4.69) is 10.6 Å². The lowest BCUT2D eigenvalue weighted by Crippen LogP contribution is -2.31. The summed E-state index contributed by atoms with van der Waals surface area (Å²) < 4.78 is 23.6. The Morgan fingerprint density at radius 3 is 2.58 bits per heavy atom. The number of halogens is 1. The Hall–Kier alpha value is -2.40. The zero-order valence-corrected chi connectivity index (χ0v) is 15.0. The summed E-state index contributed by atoms with van der Waals surface area (Å²) in [5, 5.41) is 19.9. The molecule has 11 heteroatoms. The van der Waals surface area contributed by atoms with Gasteiger partial charge in [0.1, 0.15) is 0 Å². The van der Waals surface area contributed by atoms with Gasteiger partial charge in [-0.05, 0) is 23.8 Å². The highest BCUT2D eigenvalue weighted by molar-refractivity contribution is 7.87. The third-order valence-electron chi connectivity index (χ3n) is 3.45. The van der Waals surface area contributed by atoms with Crippen LogP contribution in [0.4, 0.5) is 0 Å². The maximum Gasteiger partial charge on any atom is 0.354 e. The van der Waals surface area contributed by atoms with E-state index in [9.17, 15) is 23.1 Å². The Morgan fingerprint density at radius 2 is 1.96 bits per heavy atom. The van der Waals surface area contributed by atoms with Gasteiger partial charge in [0.05, 0.1) is 6.00 Å². The number of hydrogen-bond donors (Lipinski definition) is 4. The number of aromatic carboxylic acids is 1. The quantitative estimate of drug-likeness (QED) is 0.287. The predicted octanol–water partition coefficient (Wildman–Crippen LogP) is 0.421. The van der Waals surface area contributed by atoms with E-state index in [4.69, 9.17) is 16.7 Å². The lowest BCUT2D eigenvalue weighted by molar-refractivity contribution is 0.0690. The third-order valence-corrected chi connectivity index (χ3v) is 4.49. The van der Waals surface area contributed by atoms with Crippen molar-refractivity contribution in [2.45, 2.75) is 0 Å². The molecule has 1 aromatic heterocycles. The summed E-state index contributed by atoms with van der Waals surface area (Å²) >= 11 is 5.47. The molecule has 0 aliphatic carbocycles. The fourth-order valence-corrected chi connectivity index (χ4v) is 3.13. The fraction of sp³-hybridized carbons (Fsp3) is 0.200. The second-order valence-electron chi connectivity index (χ2n) is 5.19. The van der Waals surface area contributed by atoms with Crippen LogP contribution in [0.25, 0.3) is 11.1 Å². The largest absolute Gasteiger partial charge is 0.477 e. The smallest absolute Gasteiger partial charge is 0.354 e. The zero-order valence-electron chi connectivity index (χ0n) is 13.5. The molecule has 0 aliphatic rings. The number of benzene rings is 1. The molecule has 1 aromatic carbocycles. The maximum atomic E-state index is 12.2. The highest BCUT2D eigenvalue weighted by Gasteiger charge is 2.23. The van der Waals surface area contributed by atoms with Crippen LogP contribution >= 0.6 is 11.6 Å². The van der Waals surface area contributed by atoms with Crippen molar-refractivity contribution in [1.29, 1.82) is 0 Å². The molecule has 1 heterocycles. The van der Waals surface area contributed by atoms with Crippen LogP contribution in [0.1, 0.15) is 20.8 Å². The standard InChI is InChI=1S/C15H17ClN4O5S/c16-9-18-5-6-19-14(21)11-3-1-2-10(8-11)12-4-7-20(26(17,24)25)13(12)15(22)23/h1-4,7-8,18H,5-6,9H2,(H,19,21)(H,22,23)(H2,17,24,25). The lowest BCUT2D eigenvalue weighted by atomic mass is 10.0. The van der Waals surface area contributed by atoms with Crippen molar-refractivity contribution in [2.24, 2.45) is 5.14 Å². The van der Waals surface area contributed by atoms with Crippen LogP contribution in [0.5, 0.6) is 0 Å². The van der Waals surface area contributed by atoms with Gasteiger partial charge in [-0.1, -0.05) is 12.1 Å². The average molecular weight is 401 g/mol. The van der Waals surface area contributed by atoms with Gasteiger partial charge in [-0.15, -0.1) is 11.6 Å². The molecule has 9 nitrogen and oxygen atoms in total. The first-order chi connectivity index (χ1) is 12.3. The van der Waals surface area contributed by atoms with Gasteiger partial charge in [0.2, 0.25) is 0 Å². The lowest BCUT2D eigenvalue weighted by Gasteiger charge is -2.08. The van der Waals surface area contributed by atoms with Gasteiger partial charge in [-0.2, -0.15) is 8.42 Å². The van der Waals surface area contributed by atoms with E-state index in [-0.39, 0.29) is 17.5 Å². The normalized spacial score (nSPS) is 11.3. The van der Waals surface area contributed by atoms with Crippen LogP contribution in [-0.4, -0.2) is 48.5 Å². The van der Waals surface area contributed by atoms with Gasteiger partial charge < -0.3 is 15.7 Å². The molecule has 0 radical (unpaired) electrons. The number of alkyl halides is 1. The number of carbonyl (C=O) groups is 2. The first-order valence-electron chi connectivity index (χ1n) is 7.39. The molecule has 0 atom stereocenters. The number of nitrogens with one attached hydrogen (secondary N) is 2. The molecule has 0 fully saturated rings. The van der Waals surface area contributed by atoms with Gasteiger partial charge in [0.15, 0.2) is 5.69 Å². The summed E-state index contributed by atoms with van der Waals surface area (Å²) in [5.74, 6) is -1.81. The van der Waals surface area contributed by atoms with Gasteiger partial charge in [0, 0.05) is 30.4 Å². The summed E-state index contributed by atoms with van der Waals surface area (Å²) in [7, 11) is -4.27. The van der Waals surface area contributed by atoms with Gasteiger partial charge in [-0.25, -0.2) is 13.9 Å². The molecule has 140 valence electrons. The minimum Gasteiger partial charge on any atom is -0.477 e. The number of carbonyl (C=O) groups excluding carboxylic acids is 1. The van der Waals surface area contributed by atoms with E-state index in [0.29, 0.717) is 28.2 Å².